The molecule has 1 atom stereocenters. The number of nitrogens with zero attached hydrogens (tertiary/aromatic N) is 3. The van der Waals surface area contributed by atoms with Crippen molar-refractivity contribution in [3.63, 3.8) is 0 Å². The molecule has 1 fully saturated rings. The average Bonchev–Trinajstić information content (AvgIpc) is 2.86. The molecule has 1 amide bonds. The van der Waals surface area contributed by atoms with Crippen LogP contribution in [0.2, 0.25) is 5.28 Å². The summed E-state index contributed by atoms with van der Waals surface area (Å²) in [7, 11) is 0. The largest absolute Gasteiger partial charge is 0.368 e. The van der Waals surface area contributed by atoms with Crippen molar-refractivity contribution in [2.45, 2.75) is 43.9 Å². The minimum Gasteiger partial charge on any atom is -0.368 e. The van der Waals surface area contributed by atoms with Crippen LogP contribution >= 0.6 is 11.6 Å². The van der Waals surface area contributed by atoms with E-state index in [0.29, 0.717) is 11.3 Å². The number of hydrogen-bond donors (Lipinski definition) is 2. The molecule has 2 aromatic rings. The zero-order valence-corrected chi connectivity index (χ0v) is 12.1. The van der Waals surface area contributed by atoms with Gasteiger partial charge in [-0.15, -0.1) is 0 Å². The molecular weight excluding hydrogens is 292 g/mol. The maximum atomic E-state index is 12.6. The van der Waals surface area contributed by atoms with E-state index in [2.05, 4.69) is 15.3 Å². The molecule has 6 nitrogen and oxygen atoms in total. The Hall–Kier alpha value is -1.66. The molecule has 1 spiro atoms. The number of aromatic nitrogens is 3. The number of rotatable bonds is 0. The van der Waals surface area contributed by atoms with Crippen LogP contribution < -0.4 is 5.32 Å². The van der Waals surface area contributed by atoms with Crippen molar-refractivity contribution in [1.29, 1.82) is 0 Å². The van der Waals surface area contributed by atoms with Crippen LogP contribution in [0.5, 0.6) is 0 Å². The quantitative estimate of drug-likeness (QED) is 0.728. The predicted molar refractivity (Wildman–Crippen MR) is 76.7 cm³/mol. The lowest BCUT2D eigenvalue weighted by Crippen LogP contribution is -2.55. The van der Waals surface area contributed by atoms with Crippen LogP contribution in [0.15, 0.2) is 12.3 Å². The van der Waals surface area contributed by atoms with E-state index in [0.717, 1.165) is 37.5 Å². The molecule has 7 heteroatoms. The monoisotopic (exact) mass is 306 g/mol. The first-order valence-electron chi connectivity index (χ1n) is 7.15. The van der Waals surface area contributed by atoms with Gasteiger partial charge in [0.05, 0.1) is 5.69 Å². The van der Waals surface area contributed by atoms with Crippen molar-refractivity contribution in [3.05, 3.63) is 23.2 Å². The Kier molecular flexibility index (Phi) is 2.74. The molecule has 2 aromatic heterocycles. The number of fused-ring (bicyclic) bond motifs is 4. The van der Waals surface area contributed by atoms with Gasteiger partial charge in [-0.2, -0.15) is 4.98 Å². The highest BCUT2D eigenvalue weighted by atomic mass is 35.5. The number of nitrogens with one attached hydrogen (secondary N) is 1. The van der Waals surface area contributed by atoms with Crippen molar-refractivity contribution >= 4 is 28.5 Å². The molecule has 0 radical (unpaired) electrons. The number of carbonyl (C=O) groups excluding carboxylic acids is 1. The zero-order valence-electron chi connectivity index (χ0n) is 11.3. The van der Waals surface area contributed by atoms with Gasteiger partial charge in [0.15, 0.2) is 6.23 Å². The third-order valence-electron chi connectivity index (χ3n) is 4.62. The van der Waals surface area contributed by atoms with Crippen LogP contribution in [0.4, 0.5) is 0 Å². The molecule has 1 aliphatic heterocycles. The van der Waals surface area contributed by atoms with E-state index in [1.165, 1.54) is 0 Å². The molecule has 0 saturated heterocycles. The Labute approximate surface area is 126 Å². The summed E-state index contributed by atoms with van der Waals surface area (Å²) in [6, 6.07) is 1.83. The van der Waals surface area contributed by atoms with Gasteiger partial charge in [0.25, 0.3) is 0 Å². The number of carbonyl (C=O) groups is 1. The van der Waals surface area contributed by atoms with Crippen LogP contribution in [-0.2, 0) is 10.3 Å². The van der Waals surface area contributed by atoms with Gasteiger partial charge in [-0.3, -0.25) is 4.79 Å². The summed E-state index contributed by atoms with van der Waals surface area (Å²) in [6.45, 7) is 0. The third kappa shape index (κ3) is 1.72. The second kappa shape index (κ2) is 4.42. The molecule has 1 aliphatic carbocycles. The van der Waals surface area contributed by atoms with Gasteiger partial charge in [0, 0.05) is 11.6 Å². The molecule has 110 valence electrons. The predicted octanol–water partition coefficient (Wildman–Crippen LogP) is 1.86. The summed E-state index contributed by atoms with van der Waals surface area (Å²) in [5, 5.41) is 13.8. The van der Waals surface area contributed by atoms with E-state index in [1.807, 2.05) is 10.6 Å². The van der Waals surface area contributed by atoms with Gasteiger partial charge < -0.3 is 15.0 Å². The Morgan fingerprint density at radius 2 is 2.14 bits per heavy atom. The maximum Gasteiger partial charge on any atom is 0.248 e. The number of aliphatic hydroxyl groups is 1. The molecule has 2 aliphatic rings. The molecule has 1 saturated carbocycles. The van der Waals surface area contributed by atoms with Crippen LogP contribution in [0, 0.1) is 0 Å². The van der Waals surface area contributed by atoms with Crippen LogP contribution in [-0.4, -0.2) is 25.5 Å². The van der Waals surface area contributed by atoms with E-state index in [-0.39, 0.29) is 11.2 Å². The molecule has 0 aromatic carbocycles. The lowest BCUT2D eigenvalue weighted by Gasteiger charge is -2.43. The smallest absolute Gasteiger partial charge is 0.248 e. The molecule has 4 rings (SSSR count). The summed E-state index contributed by atoms with van der Waals surface area (Å²) in [5.41, 5.74) is 0.621. The number of halogens is 1. The standard InChI is InChI=1S/C14H15ClN4O2/c15-13-16-7-8-6-9-11(20)18-12(21)14(4-2-1-3-5-14)19(9)10(8)17-13/h6-7,11,20H,1-5H2,(H,18,21). The Bertz CT molecular complexity index is 736. The molecule has 0 bridgehead atoms. The zero-order chi connectivity index (χ0) is 14.6. The molecule has 21 heavy (non-hydrogen) atoms. The van der Waals surface area contributed by atoms with Gasteiger partial charge in [-0.05, 0) is 30.5 Å². The SMILES string of the molecule is O=C1NC(O)c2cc3cnc(Cl)nc3n2C12CCCCC2. The van der Waals surface area contributed by atoms with Crippen molar-refractivity contribution in [1.82, 2.24) is 19.9 Å². The van der Waals surface area contributed by atoms with Gasteiger partial charge in [-0.1, -0.05) is 19.3 Å². The summed E-state index contributed by atoms with van der Waals surface area (Å²) in [6.07, 6.45) is 5.22. The van der Waals surface area contributed by atoms with E-state index >= 15 is 0 Å². The highest BCUT2D eigenvalue weighted by Crippen LogP contribution is 2.42. The Morgan fingerprint density at radius 1 is 1.38 bits per heavy atom. The first-order chi connectivity index (χ1) is 10.1. The van der Waals surface area contributed by atoms with Crippen molar-refractivity contribution in [2.75, 3.05) is 0 Å². The topological polar surface area (TPSA) is 80.0 Å². The fourth-order valence-electron chi connectivity index (χ4n) is 3.66. The molecule has 3 heterocycles. The first-order valence-corrected chi connectivity index (χ1v) is 7.53. The molecule has 2 N–H and O–H groups in total. The van der Waals surface area contributed by atoms with E-state index in [4.69, 9.17) is 11.6 Å². The summed E-state index contributed by atoms with van der Waals surface area (Å²) in [4.78, 5) is 20.9. The molecular formula is C14H15ClN4O2. The highest BCUT2D eigenvalue weighted by Gasteiger charge is 2.48. The summed E-state index contributed by atoms with van der Waals surface area (Å²) >= 11 is 5.92. The second-order valence-electron chi connectivity index (χ2n) is 5.79. The molecule has 1 unspecified atom stereocenters. The van der Waals surface area contributed by atoms with E-state index in [1.54, 1.807) is 6.20 Å². The van der Waals surface area contributed by atoms with Gasteiger partial charge >= 0.3 is 0 Å². The van der Waals surface area contributed by atoms with Gasteiger partial charge in [0.1, 0.15) is 11.2 Å². The summed E-state index contributed by atoms with van der Waals surface area (Å²) in [5.74, 6) is -0.130. The van der Waals surface area contributed by atoms with E-state index in [9.17, 15) is 9.90 Å². The fourth-order valence-corrected chi connectivity index (χ4v) is 3.79. The lowest BCUT2D eigenvalue weighted by molar-refractivity contribution is -0.138. The number of amides is 1. The van der Waals surface area contributed by atoms with Gasteiger partial charge in [-0.25, -0.2) is 4.98 Å². The van der Waals surface area contributed by atoms with Crippen LogP contribution in [0.25, 0.3) is 11.0 Å². The Morgan fingerprint density at radius 3 is 2.90 bits per heavy atom. The van der Waals surface area contributed by atoms with Crippen LogP contribution in [0.1, 0.15) is 44.0 Å². The fraction of sp³-hybridized carbons (Fsp3) is 0.500. The van der Waals surface area contributed by atoms with Crippen molar-refractivity contribution in [2.24, 2.45) is 0 Å². The highest BCUT2D eigenvalue weighted by molar-refractivity contribution is 6.28. The summed E-state index contributed by atoms with van der Waals surface area (Å²) < 4.78 is 1.89. The Balaban J connectivity index is 2.04. The number of hydrogen-bond acceptors (Lipinski definition) is 4. The van der Waals surface area contributed by atoms with Crippen LogP contribution in [0.3, 0.4) is 0 Å². The second-order valence-corrected chi connectivity index (χ2v) is 6.13. The normalized spacial score (nSPS) is 24.1. The minimum absolute atomic E-state index is 0.130. The average molecular weight is 307 g/mol. The van der Waals surface area contributed by atoms with E-state index < -0.39 is 11.8 Å². The minimum atomic E-state index is -1.02. The third-order valence-corrected chi connectivity index (χ3v) is 4.80. The first kappa shape index (κ1) is 13.0. The van der Waals surface area contributed by atoms with Gasteiger partial charge in [0.2, 0.25) is 11.2 Å². The van der Waals surface area contributed by atoms with Crippen molar-refractivity contribution < 1.29 is 9.90 Å². The van der Waals surface area contributed by atoms with Crippen molar-refractivity contribution in [3.8, 4) is 0 Å². The maximum absolute atomic E-state index is 12.6. The number of aliphatic hydroxyl groups excluding tert-OH is 1. The lowest BCUT2D eigenvalue weighted by atomic mass is 9.79.